The molecule has 116 valence electrons. The van der Waals surface area contributed by atoms with Gasteiger partial charge in [0.25, 0.3) is 0 Å². The second-order valence-electron chi connectivity index (χ2n) is 5.60. The SMILES string of the molecule is C=CC(CCc1ccccc1)NC(CO)Cc1ccccc1. The summed E-state index contributed by atoms with van der Waals surface area (Å²) in [6.07, 6.45) is 4.76. The van der Waals surface area contributed by atoms with Gasteiger partial charge in [0.1, 0.15) is 0 Å². The van der Waals surface area contributed by atoms with Crippen molar-refractivity contribution in [3.8, 4) is 0 Å². The van der Waals surface area contributed by atoms with Gasteiger partial charge in [-0.05, 0) is 30.4 Å². The highest BCUT2D eigenvalue weighted by atomic mass is 16.3. The van der Waals surface area contributed by atoms with E-state index in [4.69, 9.17) is 0 Å². The van der Waals surface area contributed by atoms with Crippen LogP contribution in [0.3, 0.4) is 0 Å². The Labute approximate surface area is 133 Å². The minimum absolute atomic E-state index is 0.0566. The van der Waals surface area contributed by atoms with Gasteiger partial charge in [-0.1, -0.05) is 66.7 Å². The smallest absolute Gasteiger partial charge is 0.0588 e. The van der Waals surface area contributed by atoms with E-state index < -0.39 is 0 Å². The highest BCUT2D eigenvalue weighted by Crippen LogP contribution is 2.08. The molecule has 2 rings (SSSR count). The molecule has 0 spiro atoms. The standard InChI is InChI=1S/C20H25NO/c1-2-19(14-13-17-9-5-3-6-10-17)21-20(16-22)15-18-11-7-4-8-12-18/h2-12,19-22H,1,13-16H2. The van der Waals surface area contributed by atoms with Crippen LogP contribution < -0.4 is 5.32 Å². The second kappa shape index (κ2) is 9.19. The lowest BCUT2D eigenvalue weighted by atomic mass is 10.0. The van der Waals surface area contributed by atoms with E-state index in [1.54, 1.807) is 0 Å². The number of hydrogen-bond acceptors (Lipinski definition) is 2. The van der Waals surface area contributed by atoms with Crippen LogP contribution in [-0.2, 0) is 12.8 Å². The molecule has 0 heterocycles. The van der Waals surface area contributed by atoms with Crippen LogP contribution >= 0.6 is 0 Å². The zero-order chi connectivity index (χ0) is 15.6. The van der Waals surface area contributed by atoms with Crippen LogP contribution in [0.15, 0.2) is 73.3 Å². The topological polar surface area (TPSA) is 32.3 Å². The van der Waals surface area contributed by atoms with Crippen molar-refractivity contribution >= 4 is 0 Å². The van der Waals surface area contributed by atoms with Crippen molar-refractivity contribution in [2.75, 3.05) is 6.61 Å². The Bertz CT molecular complexity index is 538. The Morgan fingerprint density at radius 3 is 2.09 bits per heavy atom. The first-order valence-corrected chi connectivity index (χ1v) is 7.89. The molecule has 0 bridgehead atoms. The maximum Gasteiger partial charge on any atom is 0.0588 e. The Kier molecular flexibility index (Phi) is 6.88. The quantitative estimate of drug-likeness (QED) is 0.695. The minimum atomic E-state index is 0.0566. The van der Waals surface area contributed by atoms with E-state index in [0.717, 1.165) is 19.3 Å². The minimum Gasteiger partial charge on any atom is -0.395 e. The summed E-state index contributed by atoms with van der Waals surface area (Å²) in [7, 11) is 0. The molecular weight excluding hydrogens is 270 g/mol. The Hall–Kier alpha value is -1.90. The van der Waals surface area contributed by atoms with Crippen LogP contribution in [0.25, 0.3) is 0 Å². The molecule has 2 nitrogen and oxygen atoms in total. The van der Waals surface area contributed by atoms with Gasteiger partial charge in [-0.3, -0.25) is 0 Å². The zero-order valence-corrected chi connectivity index (χ0v) is 13.0. The van der Waals surface area contributed by atoms with Gasteiger partial charge in [0.05, 0.1) is 6.61 Å². The van der Waals surface area contributed by atoms with Crippen molar-refractivity contribution in [1.82, 2.24) is 5.32 Å². The summed E-state index contributed by atoms with van der Waals surface area (Å²) < 4.78 is 0. The molecule has 2 heteroatoms. The fourth-order valence-corrected chi connectivity index (χ4v) is 2.61. The van der Waals surface area contributed by atoms with E-state index in [2.05, 4.69) is 48.3 Å². The molecular formula is C20H25NO. The average Bonchev–Trinajstić information content (AvgIpc) is 2.59. The van der Waals surface area contributed by atoms with Crippen LogP contribution in [0, 0.1) is 0 Å². The van der Waals surface area contributed by atoms with Crippen molar-refractivity contribution in [3.05, 3.63) is 84.4 Å². The summed E-state index contributed by atoms with van der Waals surface area (Å²) in [4.78, 5) is 0. The molecule has 0 aliphatic heterocycles. The van der Waals surface area contributed by atoms with Gasteiger partial charge in [0.2, 0.25) is 0 Å². The molecule has 0 radical (unpaired) electrons. The third kappa shape index (κ3) is 5.47. The first-order valence-electron chi connectivity index (χ1n) is 7.89. The van der Waals surface area contributed by atoms with Crippen molar-refractivity contribution < 1.29 is 5.11 Å². The Morgan fingerprint density at radius 2 is 1.55 bits per heavy atom. The van der Waals surface area contributed by atoms with E-state index in [0.29, 0.717) is 0 Å². The van der Waals surface area contributed by atoms with Gasteiger partial charge in [0, 0.05) is 12.1 Å². The normalized spacial score (nSPS) is 13.5. The maximum absolute atomic E-state index is 9.62. The van der Waals surface area contributed by atoms with Gasteiger partial charge in [-0.25, -0.2) is 0 Å². The molecule has 2 aromatic carbocycles. The molecule has 2 aromatic rings. The molecule has 2 unspecified atom stereocenters. The van der Waals surface area contributed by atoms with Crippen molar-refractivity contribution in [2.24, 2.45) is 0 Å². The number of aliphatic hydroxyl groups excluding tert-OH is 1. The van der Waals surface area contributed by atoms with E-state index >= 15 is 0 Å². The molecule has 0 aromatic heterocycles. The average molecular weight is 295 g/mol. The summed E-state index contributed by atoms with van der Waals surface area (Å²) in [6.45, 7) is 4.05. The first kappa shape index (κ1) is 16.5. The highest BCUT2D eigenvalue weighted by molar-refractivity contribution is 5.17. The molecule has 2 N–H and O–H groups in total. The Morgan fingerprint density at radius 1 is 0.955 bits per heavy atom. The van der Waals surface area contributed by atoms with Gasteiger partial charge in [-0.15, -0.1) is 6.58 Å². The molecule has 22 heavy (non-hydrogen) atoms. The van der Waals surface area contributed by atoms with Crippen molar-refractivity contribution in [3.63, 3.8) is 0 Å². The molecule has 0 aliphatic carbocycles. The molecule has 0 fully saturated rings. The predicted octanol–water partition coefficient (Wildman–Crippen LogP) is 3.37. The lowest BCUT2D eigenvalue weighted by Gasteiger charge is -2.22. The number of rotatable bonds is 9. The summed E-state index contributed by atoms with van der Waals surface area (Å²) in [5.41, 5.74) is 2.57. The van der Waals surface area contributed by atoms with Crippen LogP contribution in [0.1, 0.15) is 17.5 Å². The number of nitrogens with one attached hydrogen (secondary N) is 1. The van der Waals surface area contributed by atoms with Gasteiger partial charge in [-0.2, -0.15) is 0 Å². The van der Waals surface area contributed by atoms with Gasteiger partial charge in [0.15, 0.2) is 0 Å². The van der Waals surface area contributed by atoms with E-state index in [-0.39, 0.29) is 18.7 Å². The monoisotopic (exact) mass is 295 g/mol. The fourth-order valence-electron chi connectivity index (χ4n) is 2.61. The molecule has 0 saturated heterocycles. The number of hydrogen-bond donors (Lipinski definition) is 2. The number of aliphatic hydroxyl groups is 1. The lowest BCUT2D eigenvalue weighted by Crippen LogP contribution is -2.41. The summed E-state index contributed by atoms with van der Waals surface area (Å²) in [5.74, 6) is 0. The van der Waals surface area contributed by atoms with E-state index in [1.807, 2.05) is 30.3 Å². The van der Waals surface area contributed by atoms with Crippen molar-refractivity contribution in [2.45, 2.75) is 31.3 Å². The van der Waals surface area contributed by atoms with Crippen LogP contribution in [0.5, 0.6) is 0 Å². The fraction of sp³-hybridized carbons (Fsp3) is 0.300. The maximum atomic E-state index is 9.62. The van der Waals surface area contributed by atoms with Crippen LogP contribution in [-0.4, -0.2) is 23.8 Å². The number of benzene rings is 2. The lowest BCUT2D eigenvalue weighted by molar-refractivity contribution is 0.234. The summed E-state index contributed by atoms with van der Waals surface area (Å²) in [5, 5.41) is 13.1. The Balaban J connectivity index is 1.86. The van der Waals surface area contributed by atoms with Crippen LogP contribution in [0.4, 0.5) is 0 Å². The first-order chi connectivity index (χ1) is 10.8. The third-order valence-corrected chi connectivity index (χ3v) is 3.87. The summed E-state index contributed by atoms with van der Waals surface area (Å²) in [6, 6.07) is 21.0. The van der Waals surface area contributed by atoms with E-state index in [1.165, 1.54) is 11.1 Å². The number of aryl methyl sites for hydroxylation is 1. The molecule has 0 aliphatic rings. The highest BCUT2D eigenvalue weighted by Gasteiger charge is 2.13. The third-order valence-electron chi connectivity index (χ3n) is 3.87. The van der Waals surface area contributed by atoms with Gasteiger partial charge < -0.3 is 10.4 Å². The predicted molar refractivity (Wildman–Crippen MR) is 92.9 cm³/mol. The second-order valence-corrected chi connectivity index (χ2v) is 5.60. The van der Waals surface area contributed by atoms with E-state index in [9.17, 15) is 5.11 Å². The van der Waals surface area contributed by atoms with Crippen molar-refractivity contribution in [1.29, 1.82) is 0 Å². The molecule has 0 saturated carbocycles. The molecule has 2 atom stereocenters. The van der Waals surface area contributed by atoms with Gasteiger partial charge >= 0.3 is 0 Å². The van der Waals surface area contributed by atoms with Crippen LogP contribution in [0.2, 0.25) is 0 Å². The summed E-state index contributed by atoms with van der Waals surface area (Å²) >= 11 is 0. The molecule has 0 amide bonds. The zero-order valence-electron chi connectivity index (χ0n) is 13.0. The largest absolute Gasteiger partial charge is 0.395 e.